The first-order valence-electron chi connectivity index (χ1n) is 8.08. The van der Waals surface area contributed by atoms with Gasteiger partial charge >= 0.3 is 6.09 Å². The van der Waals surface area contributed by atoms with E-state index < -0.39 is 0 Å². The van der Waals surface area contributed by atoms with Gasteiger partial charge in [0.05, 0.1) is 6.10 Å². The summed E-state index contributed by atoms with van der Waals surface area (Å²) in [5.74, 6) is 0.508. The van der Waals surface area contributed by atoms with Gasteiger partial charge < -0.3 is 14.7 Å². The maximum absolute atomic E-state index is 12.1. The fourth-order valence-corrected chi connectivity index (χ4v) is 2.82. The van der Waals surface area contributed by atoms with Crippen LogP contribution in [0.2, 0.25) is 0 Å². The van der Waals surface area contributed by atoms with Gasteiger partial charge in [-0.05, 0) is 24.3 Å². The van der Waals surface area contributed by atoms with Crippen LogP contribution in [0.4, 0.5) is 4.79 Å². The third-order valence-electron chi connectivity index (χ3n) is 4.45. The minimum Gasteiger partial charge on any atom is -0.445 e. The number of aliphatic hydroxyl groups excluding tert-OH is 1. The Labute approximate surface area is 131 Å². The summed E-state index contributed by atoms with van der Waals surface area (Å²) in [6, 6.07) is 9.72. The average molecular weight is 304 g/mol. The summed E-state index contributed by atoms with van der Waals surface area (Å²) in [4.78, 5) is 16.0. The van der Waals surface area contributed by atoms with Crippen LogP contribution in [0.15, 0.2) is 30.3 Å². The maximum Gasteiger partial charge on any atom is 0.410 e. The molecule has 120 valence electrons. The molecule has 1 aliphatic carbocycles. The number of hydrogen-bond acceptors (Lipinski definition) is 4. The highest BCUT2D eigenvalue weighted by molar-refractivity contribution is 5.67. The number of amides is 1. The number of carbonyl (C=O) groups is 1. The van der Waals surface area contributed by atoms with E-state index in [1.54, 1.807) is 4.90 Å². The molecule has 5 heteroatoms. The number of ether oxygens (including phenoxy) is 1. The minimum absolute atomic E-state index is 0.198. The Bertz CT molecular complexity index is 482. The Hall–Kier alpha value is -1.59. The first kappa shape index (κ1) is 15.3. The lowest BCUT2D eigenvalue weighted by atomic mass is 10.2. The first-order valence-corrected chi connectivity index (χ1v) is 8.08. The van der Waals surface area contributed by atoms with E-state index in [-0.39, 0.29) is 12.2 Å². The van der Waals surface area contributed by atoms with Crippen molar-refractivity contribution in [3.8, 4) is 0 Å². The summed E-state index contributed by atoms with van der Waals surface area (Å²) in [7, 11) is 0. The van der Waals surface area contributed by atoms with E-state index in [9.17, 15) is 9.90 Å². The van der Waals surface area contributed by atoms with E-state index in [2.05, 4.69) is 4.90 Å². The van der Waals surface area contributed by atoms with E-state index in [1.165, 1.54) is 0 Å². The molecule has 2 fully saturated rings. The summed E-state index contributed by atoms with van der Waals surface area (Å²) >= 11 is 0. The molecule has 1 amide bonds. The highest BCUT2D eigenvalue weighted by Crippen LogP contribution is 2.32. The number of carbonyl (C=O) groups excluding carboxylic acids is 1. The summed E-state index contributed by atoms with van der Waals surface area (Å²) in [5, 5.41) is 9.98. The molecule has 1 aromatic carbocycles. The number of aliphatic hydroxyl groups is 1. The zero-order valence-corrected chi connectivity index (χ0v) is 12.9. The Morgan fingerprint density at radius 2 is 1.86 bits per heavy atom. The highest BCUT2D eigenvalue weighted by atomic mass is 16.6. The molecule has 1 saturated carbocycles. The van der Waals surface area contributed by atoms with Crippen molar-refractivity contribution in [2.75, 3.05) is 32.7 Å². The second kappa shape index (κ2) is 7.11. The van der Waals surface area contributed by atoms with Crippen LogP contribution in [-0.2, 0) is 11.3 Å². The molecule has 1 aromatic rings. The lowest BCUT2D eigenvalue weighted by Gasteiger charge is -2.35. The molecule has 22 heavy (non-hydrogen) atoms. The second-order valence-corrected chi connectivity index (χ2v) is 6.23. The van der Waals surface area contributed by atoms with Crippen molar-refractivity contribution >= 4 is 6.09 Å². The van der Waals surface area contributed by atoms with E-state index >= 15 is 0 Å². The fourth-order valence-electron chi connectivity index (χ4n) is 2.82. The highest BCUT2D eigenvalue weighted by Gasteiger charge is 2.32. The molecule has 1 unspecified atom stereocenters. The van der Waals surface area contributed by atoms with Gasteiger partial charge in [0, 0.05) is 32.7 Å². The average Bonchev–Trinajstić information content (AvgIpc) is 3.39. The Kier molecular flexibility index (Phi) is 4.95. The van der Waals surface area contributed by atoms with E-state index in [0.29, 0.717) is 25.6 Å². The molecule has 3 rings (SSSR count). The zero-order valence-electron chi connectivity index (χ0n) is 12.9. The van der Waals surface area contributed by atoms with Crippen molar-refractivity contribution < 1.29 is 14.6 Å². The topological polar surface area (TPSA) is 53.0 Å². The van der Waals surface area contributed by atoms with Gasteiger partial charge in [0.1, 0.15) is 6.61 Å². The Balaban J connectivity index is 1.38. The predicted octanol–water partition coefficient (Wildman–Crippen LogP) is 1.71. The molecule has 0 bridgehead atoms. The van der Waals surface area contributed by atoms with Gasteiger partial charge in [-0.1, -0.05) is 30.3 Å². The van der Waals surface area contributed by atoms with Gasteiger partial charge in [0.25, 0.3) is 0 Å². The normalized spacial score (nSPS) is 20.7. The number of β-amino-alcohol motifs (C(OH)–C–C–N with tert-alkyl or cyclic N) is 1. The maximum atomic E-state index is 12.1. The van der Waals surface area contributed by atoms with Crippen molar-refractivity contribution in [1.29, 1.82) is 0 Å². The van der Waals surface area contributed by atoms with Crippen molar-refractivity contribution in [2.24, 2.45) is 5.92 Å². The third kappa shape index (κ3) is 4.21. The van der Waals surface area contributed by atoms with Crippen molar-refractivity contribution in [3.05, 3.63) is 35.9 Å². The summed E-state index contributed by atoms with van der Waals surface area (Å²) in [5.41, 5.74) is 1.00. The molecular weight excluding hydrogens is 280 g/mol. The molecule has 0 spiro atoms. The van der Waals surface area contributed by atoms with E-state index in [0.717, 1.165) is 38.0 Å². The third-order valence-corrected chi connectivity index (χ3v) is 4.45. The standard InChI is InChI=1S/C17H24N2O3/c20-16(15-6-7-15)12-18-8-10-19(11-9-18)17(21)22-13-14-4-2-1-3-5-14/h1-5,15-16,20H,6-13H2. The lowest BCUT2D eigenvalue weighted by Crippen LogP contribution is -2.50. The van der Waals surface area contributed by atoms with Gasteiger partial charge in [0.2, 0.25) is 0 Å². The molecule has 1 N–H and O–H groups in total. The molecule has 1 atom stereocenters. The zero-order chi connectivity index (χ0) is 15.4. The lowest BCUT2D eigenvalue weighted by molar-refractivity contribution is 0.0481. The van der Waals surface area contributed by atoms with Crippen LogP contribution >= 0.6 is 0 Å². The molecule has 2 aliphatic rings. The molecule has 0 aromatic heterocycles. The van der Waals surface area contributed by atoms with Crippen LogP contribution in [0.3, 0.4) is 0 Å². The Morgan fingerprint density at radius 1 is 1.18 bits per heavy atom. The largest absolute Gasteiger partial charge is 0.445 e. The molecule has 0 radical (unpaired) electrons. The molecule has 1 heterocycles. The van der Waals surface area contributed by atoms with Crippen molar-refractivity contribution in [1.82, 2.24) is 9.80 Å². The van der Waals surface area contributed by atoms with Gasteiger partial charge in [-0.2, -0.15) is 0 Å². The molecular formula is C17H24N2O3. The van der Waals surface area contributed by atoms with Crippen LogP contribution < -0.4 is 0 Å². The Morgan fingerprint density at radius 3 is 2.50 bits per heavy atom. The predicted molar refractivity (Wildman–Crippen MR) is 83.4 cm³/mol. The smallest absolute Gasteiger partial charge is 0.410 e. The molecule has 1 aliphatic heterocycles. The van der Waals surface area contributed by atoms with Gasteiger partial charge in [0.15, 0.2) is 0 Å². The second-order valence-electron chi connectivity index (χ2n) is 6.23. The number of rotatable bonds is 5. The number of benzene rings is 1. The van der Waals surface area contributed by atoms with Gasteiger partial charge in [-0.15, -0.1) is 0 Å². The quantitative estimate of drug-likeness (QED) is 0.900. The van der Waals surface area contributed by atoms with E-state index in [1.807, 2.05) is 30.3 Å². The number of nitrogens with zero attached hydrogens (tertiary/aromatic N) is 2. The molecule has 1 saturated heterocycles. The monoisotopic (exact) mass is 304 g/mol. The summed E-state index contributed by atoms with van der Waals surface area (Å²) < 4.78 is 5.35. The summed E-state index contributed by atoms with van der Waals surface area (Å²) in [6.07, 6.45) is 1.88. The summed E-state index contributed by atoms with van der Waals surface area (Å²) in [6.45, 7) is 4.02. The van der Waals surface area contributed by atoms with Gasteiger partial charge in [-0.25, -0.2) is 4.79 Å². The van der Waals surface area contributed by atoms with Crippen LogP contribution in [0, 0.1) is 5.92 Å². The van der Waals surface area contributed by atoms with E-state index in [4.69, 9.17) is 4.74 Å². The molecule has 5 nitrogen and oxygen atoms in total. The first-order chi connectivity index (χ1) is 10.7. The SMILES string of the molecule is O=C(OCc1ccccc1)N1CCN(CC(O)C2CC2)CC1. The van der Waals surface area contributed by atoms with Crippen LogP contribution in [0.25, 0.3) is 0 Å². The van der Waals surface area contributed by atoms with Gasteiger partial charge in [-0.3, -0.25) is 4.90 Å². The number of piperazine rings is 1. The van der Waals surface area contributed by atoms with Crippen LogP contribution in [0.1, 0.15) is 18.4 Å². The van der Waals surface area contributed by atoms with Crippen LogP contribution in [0.5, 0.6) is 0 Å². The fraction of sp³-hybridized carbons (Fsp3) is 0.588. The number of hydrogen-bond donors (Lipinski definition) is 1. The minimum atomic E-state index is -0.244. The van der Waals surface area contributed by atoms with Crippen molar-refractivity contribution in [3.63, 3.8) is 0 Å². The van der Waals surface area contributed by atoms with Crippen molar-refractivity contribution in [2.45, 2.75) is 25.6 Å². The van der Waals surface area contributed by atoms with Crippen LogP contribution in [-0.4, -0.2) is 59.8 Å².